The van der Waals surface area contributed by atoms with Gasteiger partial charge in [-0.05, 0) is 43.4 Å². The van der Waals surface area contributed by atoms with Gasteiger partial charge in [0.15, 0.2) is 0 Å². The number of carbonyl (C=O) groups is 1. The molecular weight excluding hydrogens is 202 g/mol. The zero-order chi connectivity index (χ0) is 11.1. The van der Waals surface area contributed by atoms with E-state index in [0.29, 0.717) is 11.6 Å². The van der Waals surface area contributed by atoms with Crippen LogP contribution in [-0.2, 0) is 6.42 Å². The van der Waals surface area contributed by atoms with Gasteiger partial charge in [-0.3, -0.25) is 0 Å². The third-order valence-electron chi connectivity index (χ3n) is 3.78. The number of fused-ring (bicyclic) bond motifs is 1. The van der Waals surface area contributed by atoms with Gasteiger partial charge in [0.05, 0.1) is 5.56 Å². The SMILES string of the molecule is O=C(O)c1ccc2c(c1)N(C1CCC1)CC2. The minimum atomic E-state index is -0.830. The standard InChI is InChI=1S/C13H15NO2/c15-13(16)10-5-4-9-6-7-14(12(9)8-10)11-2-1-3-11/h4-5,8,11H,1-3,6-7H2,(H,15,16). The van der Waals surface area contributed by atoms with Crippen molar-refractivity contribution in [1.29, 1.82) is 0 Å². The minimum Gasteiger partial charge on any atom is -0.478 e. The van der Waals surface area contributed by atoms with E-state index < -0.39 is 5.97 Å². The van der Waals surface area contributed by atoms with E-state index in [9.17, 15) is 4.79 Å². The first kappa shape index (κ1) is 9.70. The third-order valence-corrected chi connectivity index (χ3v) is 3.78. The normalized spacial score (nSPS) is 19.4. The molecule has 16 heavy (non-hydrogen) atoms. The Bertz CT molecular complexity index is 438. The fourth-order valence-corrected chi connectivity index (χ4v) is 2.61. The highest BCUT2D eigenvalue weighted by Gasteiger charge is 2.30. The molecular formula is C13H15NO2. The van der Waals surface area contributed by atoms with E-state index >= 15 is 0 Å². The molecule has 0 unspecified atom stereocenters. The summed E-state index contributed by atoms with van der Waals surface area (Å²) in [5.74, 6) is -0.830. The molecule has 3 nitrogen and oxygen atoms in total. The maximum absolute atomic E-state index is 10.9. The van der Waals surface area contributed by atoms with Crippen molar-refractivity contribution in [2.75, 3.05) is 11.4 Å². The van der Waals surface area contributed by atoms with Gasteiger partial charge in [-0.15, -0.1) is 0 Å². The number of anilines is 1. The van der Waals surface area contributed by atoms with E-state index in [0.717, 1.165) is 18.7 Å². The Labute approximate surface area is 94.7 Å². The summed E-state index contributed by atoms with van der Waals surface area (Å²) in [6.07, 6.45) is 4.90. The number of nitrogens with zero attached hydrogens (tertiary/aromatic N) is 1. The molecule has 1 aliphatic carbocycles. The van der Waals surface area contributed by atoms with Crippen LogP contribution in [0.2, 0.25) is 0 Å². The molecule has 1 heterocycles. The summed E-state index contributed by atoms with van der Waals surface area (Å²) in [5.41, 5.74) is 2.87. The van der Waals surface area contributed by atoms with Crippen LogP contribution in [0.5, 0.6) is 0 Å². The number of aromatic carboxylic acids is 1. The monoisotopic (exact) mass is 217 g/mol. The maximum Gasteiger partial charge on any atom is 0.335 e. The molecule has 0 amide bonds. The molecule has 3 heteroatoms. The molecule has 3 rings (SSSR count). The van der Waals surface area contributed by atoms with Gasteiger partial charge in [0, 0.05) is 18.3 Å². The van der Waals surface area contributed by atoms with Gasteiger partial charge in [0.2, 0.25) is 0 Å². The summed E-state index contributed by atoms with van der Waals surface area (Å²) in [5, 5.41) is 8.99. The van der Waals surface area contributed by atoms with Gasteiger partial charge in [-0.2, -0.15) is 0 Å². The van der Waals surface area contributed by atoms with Gasteiger partial charge < -0.3 is 10.0 Å². The van der Waals surface area contributed by atoms with E-state index in [1.54, 1.807) is 6.07 Å². The molecule has 0 saturated heterocycles. The van der Waals surface area contributed by atoms with Crippen LogP contribution in [0.25, 0.3) is 0 Å². The van der Waals surface area contributed by atoms with Crippen molar-refractivity contribution in [3.05, 3.63) is 29.3 Å². The molecule has 1 saturated carbocycles. The van der Waals surface area contributed by atoms with Crippen LogP contribution in [0.4, 0.5) is 5.69 Å². The highest BCUT2D eigenvalue weighted by Crippen LogP contribution is 2.36. The lowest BCUT2D eigenvalue weighted by molar-refractivity contribution is 0.0697. The van der Waals surface area contributed by atoms with Crippen LogP contribution in [0.15, 0.2) is 18.2 Å². The van der Waals surface area contributed by atoms with Crippen LogP contribution in [0, 0.1) is 0 Å². The Morgan fingerprint density at radius 2 is 2.19 bits per heavy atom. The topological polar surface area (TPSA) is 40.5 Å². The van der Waals surface area contributed by atoms with Crippen LogP contribution in [0.3, 0.4) is 0 Å². The van der Waals surface area contributed by atoms with Crippen molar-refractivity contribution in [2.24, 2.45) is 0 Å². The molecule has 1 aromatic carbocycles. The quantitative estimate of drug-likeness (QED) is 0.826. The van der Waals surface area contributed by atoms with Gasteiger partial charge in [0.1, 0.15) is 0 Å². The first-order valence-corrected chi connectivity index (χ1v) is 5.88. The van der Waals surface area contributed by atoms with Crippen molar-refractivity contribution in [2.45, 2.75) is 31.7 Å². The first-order chi connectivity index (χ1) is 7.75. The lowest BCUT2D eigenvalue weighted by atomic mass is 9.91. The van der Waals surface area contributed by atoms with E-state index in [-0.39, 0.29) is 0 Å². The predicted molar refractivity (Wildman–Crippen MR) is 62.1 cm³/mol. The molecule has 84 valence electrons. The lowest BCUT2D eigenvalue weighted by Crippen LogP contribution is -2.38. The van der Waals surface area contributed by atoms with Crippen LogP contribution in [0.1, 0.15) is 35.2 Å². The van der Waals surface area contributed by atoms with Crippen molar-refractivity contribution in [1.82, 2.24) is 0 Å². The number of hydrogen-bond donors (Lipinski definition) is 1. The molecule has 0 aromatic heterocycles. The molecule has 2 aliphatic rings. The summed E-state index contributed by atoms with van der Waals surface area (Å²) in [7, 11) is 0. The van der Waals surface area contributed by atoms with Gasteiger partial charge in [-0.1, -0.05) is 6.07 Å². The molecule has 1 aromatic rings. The summed E-state index contributed by atoms with van der Waals surface area (Å²) in [4.78, 5) is 13.3. The Morgan fingerprint density at radius 1 is 1.38 bits per heavy atom. The third kappa shape index (κ3) is 1.39. The largest absolute Gasteiger partial charge is 0.478 e. The second-order valence-electron chi connectivity index (χ2n) is 4.68. The number of carboxylic acid groups (broad SMARTS) is 1. The van der Waals surface area contributed by atoms with Crippen LogP contribution >= 0.6 is 0 Å². The maximum atomic E-state index is 10.9. The fraction of sp³-hybridized carbons (Fsp3) is 0.462. The second kappa shape index (κ2) is 3.51. The minimum absolute atomic E-state index is 0.407. The van der Waals surface area contributed by atoms with E-state index in [1.165, 1.54) is 24.8 Å². The van der Waals surface area contributed by atoms with E-state index in [1.807, 2.05) is 12.1 Å². The smallest absolute Gasteiger partial charge is 0.335 e. The molecule has 1 aliphatic heterocycles. The predicted octanol–water partition coefficient (Wildman–Crippen LogP) is 2.30. The van der Waals surface area contributed by atoms with Crippen LogP contribution < -0.4 is 4.90 Å². The van der Waals surface area contributed by atoms with E-state index in [4.69, 9.17) is 5.11 Å². The average molecular weight is 217 g/mol. The zero-order valence-corrected chi connectivity index (χ0v) is 9.15. The zero-order valence-electron chi connectivity index (χ0n) is 9.15. The van der Waals surface area contributed by atoms with Crippen LogP contribution in [-0.4, -0.2) is 23.7 Å². The van der Waals surface area contributed by atoms with Gasteiger partial charge >= 0.3 is 5.97 Å². The summed E-state index contributed by atoms with van der Waals surface area (Å²) < 4.78 is 0. The van der Waals surface area contributed by atoms with Gasteiger partial charge in [-0.25, -0.2) is 4.79 Å². The Hall–Kier alpha value is -1.51. The molecule has 0 radical (unpaired) electrons. The Morgan fingerprint density at radius 3 is 2.81 bits per heavy atom. The number of carboxylic acids is 1. The highest BCUT2D eigenvalue weighted by molar-refractivity contribution is 5.89. The van der Waals surface area contributed by atoms with Crippen molar-refractivity contribution in [3.63, 3.8) is 0 Å². The molecule has 1 fully saturated rings. The van der Waals surface area contributed by atoms with Crippen molar-refractivity contribution in [3.8, 4) is 0 Å². The Kier molecular flexibility index (Phi) is 2.13. The lowest BCUT2D eigenvalue weighted by Gasteiger charge is -2.36. The molecule has 1 N–H and O–H groups in total. The summed E-state index contributed by atoms with van der Waals surface area (Å²) >= 11 is 0. The van der Waals surface area contributed by atoms with Crippen molar-refractivity contribution >= 4 is 11.7 Å². The van der Waals surface area contributed by atoms with Gasteiger partial charge in [0.25, 0.3) is 0 Å². The number of rotatable bonds is 2. The summed E-state index contributed by atoms with van der Waals surface area (Å²) in [6, 6.07) is 6.18. The number of benzene rings is 1. The highest BCUT2D eigenvalue weighted by atomic mass is 16.4. The Balaban J connectivity index is 1.96. The molecule has 0 atom stereocenters. The summed E-state index contributed by atoms with van der Waals surface area (Å²) in [6.45, 7) is 1.06. The van der Waals surface area contributed by atoms with E-state index in [2.05, 4.69) is 4.90 Å². The second-order valence-corrected chi connectivity index (χ2v) is 4.68. The first-order valence-electron chi connectivity index (χ1n) is 5.88. The molecule has 0 spiro atoms. The average Bonchev–Trinajstić information content (AvgIpc) is 2.59. The fourth-order valence-electron chi connectivity index (χ4n) is 2.61. The van der Waals surface area contributed by atoms with Crippen molar-refractivity contribution < 1.29 is 9.90 Å². The number of hydrogen-bond acceptors (Lipinski definition) is 2. The molecule has 0 bridgehead atoms.